The molecule has 1 saturated heterocycles. The largest absolute Gasteiger partial charge is 0.360 e. The highest BCUT2D eigenvalue weighted by Gasteiger charge is 2.25. The standard InChI is InChI=1S/C15H17N3O4S/c1-10-15(11(2)22-16-10)23(20,21)17-12-5-3-6-13(9-12)18-8-4-7-14(18)19/h3,5-6,9,17H,4,7-8H2,1-2H3. The molecule has 1 amide bonds. The van der Waals surface area contributed by atoms with Crippen LogP contribution in [0.1, 0.15) is 24.3 Å². The van der Waals surface area contributed by atoms with Gasteiger partial charge in [0, 0.05) is 18.7 Å². The van der Waals surface area contributed by atoms with E-state index in [1.54, 1.807) is 43.0 Å². The predicted molar refractivity (Wildman–Crippen MR) is 84.8 cm³/mol. The van der Waals surface area contributed by atoms with E-state index in [4.69, 9.17) is 4.52 Å². The third-order valence-electron chi connectivity index (χ3n) is 3.72. The molecule has 122 valence electrons. The number of carbonyl (C=O) groups excluding carboxylic acids is 1. The molecule has 0 spiro atoms. The minimum Gasteiger partial charge on any atom is -0.360 e. The molecule has 1 aliphatic rings. The molecule has 7 nitrogen and oxygen atoms in total. The number of nitrogens with zero attached hydrogens (tertiary/aromatic N) is 2. The number of sulfonamides is 1. The lowest BCUT2D eigenvalue weighted by atomic mass is 10.2. The second-order valence-corrected chi connectivity index (χ2v) is 7.08. The number of amides is 1. The molecule has 1 aromatic heterocycles. The number of nitrogens with one attached hydrogen (secondary N) is 1. The number of aryl methyl sites for hydroxylation is 2. The SMILES string of the molecule is Cc1noc(C)c1S(=O)(=O)Nc1cccc(N2CCCC2=O)c1. The van der Waals surface area contributed by atoms with Crippen LogP contribution in [0, 0.1) is 13.8 Å². The lowest BCUT2D eigenvalue weighted by Gasteiger charge is -2.17. The normalized spacial score (nSPS) is 15.2. The highest BCUT2D eigenvalue weighted by Crippen LogP contribution is 2.27. The van der Waals surface area contributed by atoms with Crippen molar-refractivity contribution in [2.75, 3.05) is 16.2 Å². The predicted octanol–water partition coefficient (Wildman–Crippen LogP) is 2.22. The van der Waals surface area contributed by atoms with Gasteiger partial charge in [0.25, 0.3) is 10.0 Å². The fourth-order valence-corrected chi connectivity index (χ4v) is 4.10. The lowest BCUT2D eigenvalue weighted by molar-refractivity contribution is -0.117. The Balaban J connectivity index is 1.90. The van der Waals surface area contributed by atoms with E-state index in [0.717, 1.165) is 6.42 Å². The van der Waals surface area contributed by atoms with Crippen LogP contribution in [0.4, 0.5) is 11.4 Å². The maximum Gasteiger partial charge on any atom is 0.267 e. The Bertz CT molecular complexity index is 838. The van der Waals surface area contributed by atoms with Crippen LogP contribution in [-0.2, 0) is 14.8 Å². The molecular weight excluding hydrogens is 318 g/mol. The van der Waals surface area contributed by atoms with Crippen LogP contribution in [0.25, 0.3) is 0 Å². The minimum atomic E-state index is -3.79. The Morgan fingerprint density at radius 2 is 2.09 bits per heavy atom. The topological polar surface area (TPSA) is 92.5 Å². The number of rotatable bonds is 4. The van der Waals surface area contributed by atoms with Crippen LogP contribution in [0.3, 0.4) is 0 Å². The molecule has 1 fully saturated rings. The van der Waals surface area contributed by atoms with E-state index < -0.39 is 10.0 Å². The van der Waals surface area contributed by atoms with Crippen LogP contribution in [0.2, 0.25) is 0 Å². The zero-order valence-corrected chi connectivity index (χ0v) is 13.7. The summed E-state index contributed by atoms with van der Waals surface area (Å²) < 4.78 is 32.5. The molecule has 0 saturated carbocycles. The molecule has 23 heavy (non-hydrogen) atoms. The number of benzene rings is 1. The van der Waals surface area contributed by atoms with Crippen molar-refractivity contribution < 1.29 is 17.7 Å². The Morgan fingerprint density at radius 1 is 1.30 bits per heavy atom. The summed E-state index contributed by atoms with van der Waals surface area (Å²) in [6.45, 7) is 3.77. The fourth-order valence-electron chi connectivity index (χ4n) is 2.72. The van der Waals surface area contributed by atoms with Crippen molar-refractivity contribution in [3.05, 3.63) is 35.7 Å². The number of aromatic nitrogens is 1. The Labute approximate surface area is 134 Å². The average Bonchev–Trinajstić information content (AvgIpc) is 3.05. The molecule has 2 aromatic rings. The maximum atomic E-state index is 12.5. The first-order valence-electron chi connectivity index (χ1n) is 7.24. The third-order valence-corrected chi connectivity index (χ3v) is 5.34. The number of anilines is 2. The lowest BCUT2D eigenvalue weighted by Crippen LogP contribution is -2.23. The van der Waals surface area contributed by atoms with E-state index in [2.05, 4.69) is 9.88 Å². The summed E-state index contributed by atoms with van der Waals surface area (Å²) >= 11 is 0. The third kappa shape index (κ3) is 2.94. The first-order chi connectivity index (χ1) is 10.9. The highest BCUT2D eigenvalue weighted by atomic mass is 32.2. The van der Waals surface area contributed by atoms with E-state index in [0.29, 0.717) is 30.0 Å². The maximum absolute atomic E-state index is 12.5. The molecular formula is C15H17N3O4S. The molecule has 0 aliphatic carbocycles. The summed E-state index contributed by atoms with van der Waals surface area (Å²) in [5.74, 6) is 0.289. The summed E-state index contributed by atoms with van der Waals surface area (Å²) in [4.78, 5) is 13.5. The van der Waals surface area contributed by atoms with Crippen molar-refractivity contribution in [3.8, 4) is 0 Å². The number of carbonyl (C=O) groups is 1. The van der Waals surface area contributed by atoms with Gasteiger partial charge in [-0.15, -0.1) is 0 Å². The van der Waals surface area contributed by atoms with Crippen LogP contribution in [0.5, 0.6) is 0 Å². The first kappa shape index (κ1) is 15.5. The number of hydrogen-bond acceptors (Lipinski definition) is 5. The van der Waals surface area contributed by atoms with E-state index in [1.165, 1.54) is 0 Å². The average molecular weight is 335 g/mol. The number of hydrogen-bond donors (Lipinski definition) is 1. The highest BCUT2D eigenvalue weighted by molar-refractivity contribution is 7.92. The van der Waals surface area contributed by atoms with Crippen molar-refractivity contribution in [2.24, 2.45) is 0 Å². The van der Waals surface area contributed by atoms with Gasteiger partial charge in [-0.3, -0.25) is 9.52 Å². The quantitative estimate of drug-likeness (QED) is 0.925. The molecule has 8 heteroatoms. The van der Waals surface area contributed by atoms with Crippen molar-refractivity contribution in [2.45, 2.75) is 31.6 Å². The van der Waals surface area contributed by atoms with Gasteiger partial charge in [0.1, 0.15) is 5.69 Å². The molecule has 0 atom stereocenters. The van der Waals surface area contributed by atoms with Gasteiger partial charge in [0.2, 0.25) is 5.91 Å². The van der Waals surface area contributed by atoms with Crippen LogP contribution >= 0.6 is 0 Å². The van der Waals surface area contributed by atoms with E-state index in [-0.39, 0.29) is 16.6 Å². The van der Waals surface area contributed by atoms with Gasteiger partial charge >= 0.3 is 0 Å². The van der Waals surface area contributed by atoms with E-state index in [9.17, 15) is 13.2 Å². The monoisotopic (exact) mass is 335 g/mol. The van der Waals surface area contributed by atoms with Crippen molar-refractivity contribution in [1.82, 2.24) is 5.16 Å². The van der Waals surface area contributed by atoms with Gasteiger partial charge in [-0.2, -0.15) is 0 Å². The van der Waals surface area contributed by atoms with Crippen LogP contribution in [0.15, 0.2) is 33.7 Å². The second-order valence-electron chi connectivity index (χ2n) is 5.46. The zero-order valence-electron chi connectivity index (χ0n) is 12.9. The van der Waals surface area contributed by atoms with Gasteiger partial charge in [0.15, 0.2) is 10.7 Å². The van der Waals surface area contributed by atoms with Crippen LogP contribution in [-0.4, -0.2) is 26.0 Å². The van der Waals surface area contributed by atoms with Crippen molar-refractivity contribution in [3.63, 3.8) is 0 Å². The second kappa shape index (κ2) is 5.69. The van der Waals surface area contributed by atoms with Gasteiger partial charge in [0.05, 0.1) is 5.69 Å². The van der Waals surface area contributed by atoms with E-state index in [1.807, 2.05) is 0 Å². The Kier molecular flexibility index (Phi) is 3.85. The van der Waals surface area contributed by atoms with Gasteiger partial charge in [-0.1, -0.05) is 11.2 Å². The van der Waals surface area contributed by atoms with Crippen molar-refractivity contribution >= 4 is 27.3 Å². The molecule has 1 aliphatic heterocycles. The van der Waals surface area contributed by atoms with Gasteiger partial charge in [-0.05, 0) is 38.5 Å². The molecule has 2 heterocycles. The smallest absolute Gasteiger partial charge is 0.267 e. The molecule has 0 unspecified atom stereocenters. The minimum absolute atomic E-state index is 0.0418. The molecule has 0 bridgehead atoms. The zero-order chi connectivity index (χ0) is 16.6. The molecule has 1 N–H and O–H groups in total. The summed E-state index contributed by atoms with van der Waals surface area (Å²) in [7, 11) is -3.79. The van der Waals surface area contributed by atoms with Crippen LogP contribution < -0.4 is 9.62 Å². The van der Waals surface area contributed by atoms with Gasteiger partial charge < -0.3 is 9.42 Å². The Morgan fingerprint density at radius 3 is 2.70 bits per heavy atom. The molecule has 3 rings (SSSR count). The summed E-state index contributed by atoms with van der Waals surface area (Å²) in [6.07, 6.45) is 1.34. The summed E-state index contributed by atoms with van der Waals surface area (Å²) in [5.41, 5.74) is 1.38. The first-order valence-corrected chi connectivity index (χ1v) is 8.73. The van der Waals surface area contributed by atoms with Crippen molar-refractivity contribution in [1.29, 1.82) is 0 Å². The molecule has 1 aromatic carbocycles. The fraction of sp³-hybridized carbons (Fsp3) is 0.333. The summed E-state index contributed by atoms with van der Waals surface area (Å²) in [6, 6.07) is 6.79. The van der Waals surface area contributed by atoms with Gasteiger partial charge in [-0.25, -0.2) is 8.42 Å². The van der Waals surface area contributed by atoms with E-state index >= 15 is 0 Å². The summed E-state index contributed by atoms with van der Waals surface area (Å²) in [5, 5.41) is 3.67. The molecule has 0 radical (unpaired) electrons. The Hall–Kier alpha value is -2.35.